The van der Waals surface area contributed by atoms with E-state index in [1.165, 1.54) is 0 Å². The van der Waals surface area contributed by atoms with Crippen LogP contribution in [0.5, 0.6) is 0 Å². The van der Waals surface area contributed by atoms with Crippen LogP contribution in [0.25, 0.3) is 0 Å². The lowest BCUT2D eigenvalue weighted by Gasteiger charge is -2.13. The minimum absolute atomic E-state index is 0.102. The van der Waals surface area contributed by atoms with Crippen molar-refractivity contribution in [2.45, 2.75) is 13.0 Å². The lowest BCUT2D eigenvalue weighted by atomic mass is 10.0. The van der Waals surface area contributed by atoms with Gasteiger partial charge in [-0.1, -0.05) is 23.7 Å². The van der Waals surface area contributed by atoms with Crippen LogP contribution in [0.2, 0.25) is 5.02 Å². The molecule has 0 saturated carbocycles. The first-order valence-electron chi connectivity index (χ1n) is 4.85. The number of hydrogen-bond donors (Lipinski definition) is 1. The Morgan fingerprint density at radius 3 is 2.69 bits per heavy atom. The molecule has 1 aromatic heterocycles. The Morgan fingerprint density at radius 1 is 1.31 bits per heavy atom. The van der Waals surface area contributed by atoms with Crippen LogP contribution in [-0.2, 0) is 0 Å². The molecule has 0 bridgehead atoms. The van der Waals surface area contributed by atoms with Gasteiger partial charge in [0, 0.05) is 9.90 Å². The lowest BCUT2D eigenvalue weighted by Crippen LogP contribution is -2.11. The number of benzene rings is 1. The molecule has 1 atom stereocenters. The van der Waals surface area contributed by atoms with Gasteiger partial charge in [-0.15, -0.1) is 11.3 Å². The summed E-state index contributed by atoms with van der Waals surface area (Å²) < 4.78 is 1.10. The maximum atomic E-state index is 6.23. The van der Waals surface area contributed by atoms with Gasteiger partial charge in [0.25, 0.3) is 0 Å². The summed E-state index contributed by atoms with van der Waals surface area (Å²) in [5.74, 6) is 0. The quantitative estimate of drug-likeness (QED) is 0.866. The number of rotatable bonds is 2. The molecule has 4 heteroatoms. The number of nitrogens with two attached hydrogens (primary N) is 1. The van der Waals surface area contributed by atoms with Crippen LogP contribution in [-0.4, -0.2) is 0 Å². The van der Waals surface area contributed by atoms with E-state index in [0.717, 1.165) is 24.8 Å². The molecule has 0 aliphatic rings. The molecule has 0 aliphatic carbocycles. The Morgan fingerprint density at radius 2 is 2.06 bits per heavy atom. The molecule has 1 nitrogen and oxygen atoms in total. The molecule has 0 amide bonds. The Hall–Kier alpha value is -0.350. The zero-order valence-corrected chi connectivity index (χ0v) is 11.9. The van der Waals surface area contributed by atoms with Gasteiger partial charge in [-0.2, -0.15) is 0 Å². The Bertz CT molecular complexity index is 509. The highest BCUT2D eigenvalue weighted by Gasteiger charge is 2.14. The molecule has 0 radical (unpaired) electrons. The summed E-state index contributed by atoms with van der Waals surface area (Å²) in [6, 6.07) is 9.80. The van der Waals surface area contributed by atoms with Crippen molar-refractivity contribution in [3.05, 3.63) is 55.1 Å². The molecular weight excluding hydrogens is 306 g/mol. The van der Waals surface area contributed by atoms with E-state index < -0.39 is 0 Å². The van der Waals surface area contributed by atoms with E-state index in [-0.39, 0.29) is 6.04 Å². The van der Waals surface area contributed by atoms with Crippen molar-refractivity contribution in [1.82, 2.24) is 0 Å². The highest BCUT2D eigenvalue weighted by Crippen LogP contribution is 2.32. The Labute approximate surface area is 112 Å². The average Bonchev–Trinajstić information content (AvgIpc) is 2.68. The average molecular weight is 317 g/mol. The van der Waals surface area contributed by atoms with Crippen LogP contribution >= 0.6 is 38.9 Å². The smallest absolute Gasteiger partial charge is 0.0702 e. The third-order valence-electron chi connectivity index (χ3n) is 2.55. The largest absolute Gasteiger partial charge is 0.320 e. The normalized spacial score (nSPS) is 12.8. The van der Waals surface area contributed by atoms with E-state index in [1.54, 1.807) is 11.3 Å². The van der Waals surface area contributed by atoms with Crippen molar-refractivity contribution < 1.29 is 0 Å². The molecule has 2 aromatic rings. The van der Waals surface area contributed by atoms with Crippen LogP contribution in [0.15, 0.2) is 34.1 Å². The van der Waals surface area contributed by atoms with Crippen molar-refractivity contribution >= 4 is 38.9 Å². The highest BCUT2D eigenvalue weighted by molar-refractivity contribution is 9.11. The maximum Gasteiger partial charge on any atom is 0.0702 e. The minimum Gasteiger partial charge on any atom is -0.320 e. The molecule has 1 unspecified atom stereocenters. The molecule has 84 valence electrons. The first-order valence-corrected chi connectivity index (χ1v) is 6.84. The minimum atomic E-state index is -0.102. The predicted molar refractivity (Wildman–Crippen MR) is 74.2 cm³/mol. The Kier molecular flexibility index (Phi) is 3.70. The van der Waals surface area contributed by atoms with Crippen molar-refractivity contribution in [2.75, 3.05) is 0 Å². The molecule has 2 rings (SSSR count). The molecule has 0 aliphatic heterocycles. The van der Waals surface area contributed by atoms with E-state index >= 15 is 0 Å². The second kappa shape index (κ2) is 4.88. The van der Waals surface area contributed by atoms with Crippen LogP contribution in [0.3, 0.4) is 0 Å². The van der Waals surface area contributed by atoms with Crippen molar-refractivity contribution in [2.24, 2.45) is 5.73 Å². The van der Waals surface area contributed by atoms with Gasteiger partial charge in [0.2, 0.25) is 0 Å². The maximum absolute atomic E-state index is 6.23. The summed E-state index contributed by atoms with van der Waals surface area (Å²) in [5.41, 5.74) is 8.37. The monoisotopic (exact) mass is 315 g/mol. The van der Waals surface area contributed by atoms with Crippen molar-refractivity contribution in [3.63, 3.8) is 0 Å². The van der Waals surface area contributed by atoms with Gasteiger partial charge >= 0.3 is 0 Å². The van der Waals surface area contributed by atoms with Crippen LogP contribution in [0.1, 0.15) is 22.0 Å². The van der Waals surface area contributed by atoms with E-state index in [9.17, 15) is 0 Å². The van der Waals surface area contributed by atoms with E-state index in [2.05, 4.69) is 15.9 Å². The summed E-state index contributed by atoms with van der Waals surface area (Å²) in [5, 5.41) is 0.767. The van der Waals surface area contributed by atoms with Gasteiger partial charge in [0.1, 0.15) is 0 Å². The van der Waals surface area contributed by atoms with Crippen LogP contribution in [0, 0.1) is 6.92 Å². The molecule has 1 aromatic carbocycles. The predicted octanol–water partition coefficient (Wildman–Crippen LogP) is 4.52. The van der Waals surface area contributed by atoms with Gasteiger partial charge < -0.3 is 5.73 Å². The fourth-order valence-corrected chi connectivity index (χ4v) is 3.24. The molecule has 16 heavy (non-hydrogen) atoms. The zero-order chi connectivity index (χ0) is 11.7. The van der Waals surface area contributed by atoms with Gasteiger partial charge in [-0.05, 0) is 52.2 Å². The first kappa shape index (κ1) is 12.1. The lowest BCUT2D eigenvalue weighted by molar-refractivity contribution is 0.883. The third-order valence-corrected chi connectivity index (χ3v) is 4.66. The Balaban J connectivity index is 2.41. The van der Waals surface area contributed by atoms with Gasteiger partial charge in [-0.25, -0.2) is 0 Å². The van der Waals surface area contributed by atoms with Gasteiger partial charge in [0.15, 0.2) is 0 Å². The van der Waals surface area contributed by atoms with Crippen LogP contribution in [0.4, 0.5) is 0 Å². The molecule has 0 spiro atoms. The van der Waals surface area contributed by atoms with Crippen molar-refractivity contribution in [3.8, 4) is 0 Å². The third kappa shape index (κ3) is 2.33. The topological polar surface area (TPSA) is 26.0 Å². The second-order valence-corrected chi connectivity index (χ2v) is 6.48. The summed E-state index contributed by atoms with van der Waals surface area (Å²) in [7, 11) is 0. The SMILES string of the molecule is Cc1c(Cl)cccc1C(N)c1ccc(Br)s1. The zero-order valence-electron chi connectivity index (χ0n) is 8.71. The number of hydrogen-bond acceptors (Lipinski definition) is 2. The number of halogens is 2. The van der Waals surface area contributed by atoms with E-state index in [0.29, 0.717) is 0 Å². The second-order valence-electron chi connectivity index (χ2n) is 3.57. The van der Waals surface area contributed by atoms with E-state index in [1.807, 2.05) is 37.3 Å². The standard InChI is InChI=1S/C12H11BrClNS/c1-7-8(3-2-4-9(7)14)12(15)10-5-6-11(13)16-10/h2-6,12H,15H2,1H3. The first-order chi connectivity index (χ1) is 7.59. The van der Waals surface area contributed by atoms with Gasteiger partial charge in [-0.3, -0.25) is 0 Å². The molecule has 2 N–H and O–H groups in total. The van der Waals surface area contributed by atoms with Crippen molar-refractivity contribution in [1.29, 1.82) is 0 Å². The summed E-state index contributed by atoms with van der Waals surface area (Å²) in [6.45, 7) is 2.00. The molecule has 1 heterocycles. The highest BCUT2D eigenvalue weighted by atomic mass is 79.9. The molecule has 0 saturated heterocycles. The summed E-state index contributed by atoms with van der Waals surface area (Å²) in [4.78, 5) is 1.14. The van der Waals surface area contributed by atoms with Gasteiger partial charge in [0.05, 0.1) is 9.83 Å². The summed E-state index contributed by atoms with van der Waals surface area (Å²) in [6.07, 6.45) is 0. The van der Waals surface area contributed by atoms with E-state index in [4.69, 9.17) is 17.3 Å². The van der Waals surface area contributed by atoms with Crippen LogP contribution < -0.4 is 5.73 Å². The summed E-state index contributed by atoms with van der Waals surface area (Å²) >= 11 is 11.2. The molecular formula is C12H11BrClNS. The fourth-order valence-electron chi connectivity index (χ4n) is 1.61. The number of thiophene rings is 1. The molecule has 0 fully saturated rings. The fraction of sp³-hybridized carbons (Fsp3) is 0.167.